The molecule has 1 heterocycles. The van der Waals surface area contributed by atoms with Crippen LogP contribution in [-0.4, -0.2) is 23.5 Å². The highest BCUT2D eigenvalue weighted by Gasteiger charge is 2.34. The van der Waals surface area contributed by atoms with Crippen molar-refractivity contribution < 1.29 is 14.6 Å². The van der Waals surface area contributed by atoms with Gasteiger partial charge in [0.2, 0.25) is 0 Å². The summed E-state index contributed by atoms with van der Waals surface area (Å²) < 4.78 is 12.7. The molecule has 0 saturated heterocycles. The lowest BCUT2D eigenvalue weighted by Gasteiger charge is -2.38. The lowest BCUT2D eigenvalue weighted by Crippen LogP contribution is -2.48. The van der Waals surface area contributed by atoms with Crippen molar-refractivity contribution in [3.8, 4) is 11.5 Å². The van der Waals surface area contributed by atoms with Crippen molar-refractivity contribution in [3.05, 3.63) is 58.1 Å². The predicted octanol–water partition coefficient (Wildman–Crippen LogP) is 4.20. The minimum Gasteiger partial charge on any atom is -0.488 e. The number of benzene rings is 2. The highest BCUT2D eigenvalue weighted by atomic mass is 16.5. The van der Waals surface area contributed by atoms with Gasteiger partial charge in [-0.3, -0.25) is 5.32 Å². The van der Waals surface area contributed by atoms with E-state index in [0.29, 0.717) is 13.2 Å². The Balaban J connectivity index is 1.85. The van der Waals surface area contributed by atoms with Gasteiger partial charge in [0, 0.05) is 12.1 Å². The van der Waals surface area contributed by atoms with Crippen molar-refractivity contribution in [2.75, 3.05) is 6.54 Å². The van der Waals surface area contributed by atoms with E-state index in [9.17, 15) is 5.11 Å². The van der Waals surface area contributed by atoms with Gasteiger partial charge in [-0.1, -0.05) is 30.3 Å². The standard InChI is InChI=1S/C23H31NO3/c1-15-16(2)22-20(11-12-23(5,27-22)14-24-18(4)25)17(3)21(15)26-13-19-9-7-6-8-10-19/h6-10,18,24-25H,11-14H2,1-5H3. The Hall–Kier alpha value is -2.04. The van der Waals surface area contributed by atoms with E-state index >= 15 is 0 Å². The van der Waals surface area contributed by atoms with Gasteiger partial charge in [-0.2, -0.15) is 0 Å². The molecular weight excluding hydrogens is 338 g/mol. The van der Waals surface area contributed by atoms with Crippen LogP contribution < -0.4 is 14.8 Å². The molecule has 146 valence electrons. The molecule has 0 aromatic heterocycles. The van der Waals surface area contributed by atoms with Crippen molar-refractivity contribution in [2.45, 2.75) is 65.9 Å². The van der Waals surface area contributed by atoms with Crippen LogP contribution in [0.3, 0.4) is 0 Å². The maximum atomic E-state index is 9.54. The fraction of sp³-hybridized carbons (Fsp3) is 0.478. The molecule has 2 unspecified atom stereocenters. The van der Waals surface area contributed by atoms with Crippen LogP contribution >= 0.6 is 0 Å². The molecule has 2 N–H and O–H groups in total. The molecule has 3 rings (SSSR count). The fourth-order valence-electron chi connectivity index (χ4n) is 3.72. The Morgan fingerprint density at radius 3 is 2.52 bits per heavy atom. The molecule has 1 aliphatic heterocycles. The summed E-state index contributed by atoms with van der Waals surface area (Å²) in [6, 6.07) is 10.3. The van der Waals surface area contributed by atoms with Gasteiger partial charge in [-0.05, 0) is 69.7 Å². The van der Waals surface area contributed by atoms with Gasteiger partial charge in [0.05, 0.1) is 0 Å². The van der Waals surface area contributed by atoms with Gasteiger partial charge >= 0.3 is 0 Å². The average molecular weight is 370 g/mol. The van der Waals surface area contributed by atoms with E-state index in [1.54, 1.807) is 6.92 Å². The Morgan fingerprint density at radius 1 is 1.15 bits per heavy atom. The van der Waals surface area contributed by atoms with Crippen LogP contribution in [-0.2, 0) is 13.0 Å². The molecule has 4 nitrogen and oxygen atoms in total. The average Bonchev–Trinajstić information content (AvgIpc) is 2.65. The van der Waals surface area contributed by atoms with E-state index in [-0.39, 0.29) is 5.60 Å². The lowest BCUT2D eigenvalue weighted by atomic mass is 9.87. The highest BCUT2D eigenvalue weighted by molar-refractivity contribution is 5.59. The summed E-state index contributed by atoms with van der Waals surface area (Å²) >= 11 is 0. The second kappa shape index (κ2) is 7.91. The monoisotopic (exact) mass is 369 g/mol. The molecule has 0 saturated carbocycles. The largest absolute Gasteiger partial charge is 0.488 e. The topological polar surface area (TPSA) is 50.7 Å². The van der Waals surface area contributed by atoms with Gasteiger partial charge in [-0.25, -0.2) is 0 Å². The Kier molecular flexibility index (Phi) is 5.78. The molecule has 0 aliphatic carbocycles. The van der Waals surface area contributed by atoms with E-state index < -0.39 is 6.23 Å². The van der Waals surface area contributed by atoms with Crippen molar-refractivity contribution >= 4 is 0 Å². The molecule has 0 fully saturated rings. The van der Waals surface area contributed by atoms with Gasteiger partial charge in [0.15, 0.2) is 0 Å². The summed E-state index contributed by atoms with van der Waals surface area (Å²) in [7, 11) is 0. The van der Waals surface area contributed by atoms with E-state index in [4.69, 9.17) is 9.47 Å². The summed E-state index contributed by atoms with van der Waals surface area (Å²) in [5.74, 6) is 1.96. The number of aliphatic hydroxyl groups excluding tert-OH is 1. The predicted molar refractivity (Wildman–Crippen MR) is 108 cm³/mol. The molecule has 2 aromatic carbocycles. The molecule has 27 heavy (non-hydrogen) atoms. The number of nitrogens with one attached hydrogen (secondary N) is 1. The van der Waals surface area contributed by atoms with Crippen LogP contribution in [0.15, 0.2) is 30.3 Å². The zero-order valence-electron chi connectivity index (χ0n) is 17.1. The molecule has 2 aromatic rings. The fourth-order valence-corrected chi connectivity index (χ4v) is 3.72. The van der Waals surface area contributed by atoms with E-state index in [2.05, 4.69) is 45.1 Å². The van der Waals surface area contributed by atoms with E-state index in [0.717, 1.165) is 35.5 Å². The van der Waals surface area contributed by atoms with Crippen LogP contribution in [0.5, 0.6) is 11.5 Å². The van der Waals surface area contributed by atoms with Crippen LogP contribution in [0.4, 0.5) is 0 Å². The first-order valence-electron chi connectivity index (χ1n) is 9.70. The number of rotatable bonds is 6. The molecule has 0 spiro atoms. The first-order valence-corrected chi connectivity index (χ1v) is 9.70. The smallest absolute Gasteiger partial charge is 0.127 e. The first kappa shape index (κ1) is 19.7. The van der Waals surface area contributed by atoms with Crippen LogP contribution in [0, 0.1) is 20.8 Å². The minimum atomic E-state index is -0.537. The zero-order chi connectivity index (χ0) is 19.6. The summed E-state index contributed by atoms with van der Waals surface area (Å²) in [6.45, 7) is 11.4. The third kappa shape index (κ3) is 4.28. The quantitative estimate of drug-likeness (QED) is 0.749. The summed E-state index contributed by atoms with van der Waals surface area (Å²) in [5, 5.41) is 12.6. The normalized spacial score (nSPS) is 19.9. The van der Waals surface area contributed by atoms with Gasteiger partial charge < -0.3 is 14.6 Å². The maximum Gasteiger partial charge on any atom is 0.127 e. The first-order chi connectivity index (χ1) is 12.8. The maximum absolute atomic E-state index is 9.54. The van der Waals surface area contributed by atoms with E-state index in [1.165, 1.54) is 16.7 Å². The molecule has 0 radical (unpaired) electrons. The molecule has 0 bridgehead atoms. The number of fused-ring (bicyclic) bond motifs is 1. The zero-order valence-corrected chi connectivity index (χ0v) is 17.1. The molecular formula is C23H31NO3. The van der Waals surface area contributed by atoms with Gasteiger partial charge in [0.1, 0.15) is 29.9 Å². The molecule has 1 aliphatic rings. The van der Waals surface area contributed by atoms with Crippen LogP contribution in [0.1, 0.15) is 48.1 Å². The van der Waals surface area contributed by atoms with Crippen LogP contribution in [0.2, 0.25) is 0 Å². The van der Waals surface area contributed by atoms with Crippen molar-refractivity contribution in [1.29, 1.82) is 0 Å². The molecule has 4 heteroatoms. The summed E-state index contributed by atoms with van der Waals surface area (Å²) in [6.07, 6.45) is 1.31. The second-order valence-corrected chi connectivity index (χ2v) is 7.89. The van der Waals surface area contributed by atoms with Crippen molar-refractivity contribution in [2.24, 2.45) is 0 Å². The van der Waals surface area contributed by atoms with Crippen molar-refractivity contribution in [3.63, 3.8) is 0 Å². The van der Waals surface area contributed by atoms with Crippen LogP contribution in [0.25, 0.3) is 0 Å². The van der Waals surface area contributed by atoms with Gasteiger partial charge in [-0.15, -0.1) is 0 Å². The Bertz CT molecular complexity index is 801. The lowest BCUT2D eigenvalue weighted by molar-refractivity contribution is 0.0426. The van der Waals surface area contributed by atoms with Gasteiger partial charge in [0.25, 0.3) is 0 Å². The number of hydrogen-bond donors (Lipinski definition) is 2. The second-order valence-electron chi connectivity index (χ2n) is 7.89. The van der Waals surface area contributed by atoms with Crippen molar-refractivity contribution in [1.82, 2.24) is 5.32 Å². The Morgan fingerprint density at radius 2 is 1.85 bits per heavy atom. The number of hydrogen-bond acceptors (Lipinski definition) is 4. The Labute approximate surface area is 162 Å². The van der Waals surface area contributed by atoms with E-state index in [1.807, 2.05) is 18.2 Å². The molecule has 0 amide bonds. The summed E-state index contributed by atoms with van der Waals surface area (Å²) in [4.78, 5) is 0. The third-order valence-electron chi connectivity index (χ3n) is 5.56. The number of ether oxygens (including phenoxy) is 2. The third-order valence-corrected chi connectivity index (χ3v) is 5.56. The SMILES string of the molecule is Cc1c(C)c2c(c(C)c1OCc1ccccc1)CCC(C)(CNC(C)O)O2. The summed E-state index contributed by atoms with van der Waals surface area (Å²) in [5.41, 5.74) is 5.54. The highest BCUT2D eigenvalue weighted by Crippen LogP contribution is 2.43. The molecule has 2 atom stereocenters. The minimum absolute atomic E-state index is 0.319. The number of aliphatic hydroxyl groups is 1.